The van der Waals surface area contributed by atoms with Crippen LogP contribution in [0.3, 0.4) is 0 Å². The summed E-state index contributed by atoms with van der Waals surface area (Å²) in [5.74, 6) is 1.15. The summed E-state index contributed by atoms with van der Waals surface area (Å²) in [7, 11) is 1.34. The van der Waals surface area contributed by atoms with Crippen molar-refractivity contribution < 1.29 is 19.2 Å². The van der Waals surface area contributed by atoms with E-state index in [1.54, 1.807) is 5.94 Å². The third-order valence-corrected chi connectivity index (χ3v) is 5.26. The maximum absolute atomic E-state index is 12.6. The van der Waals surface area contributed by atoms with Crippen LogP contribution in [0, 0.1) is 0 Å². The zero-order valence-corrected chi connectivity index (χ0v) is 16.8. The van der Waals surface area contributed by atoms with E-state index >= 15 is 0 Å². The number of aromatic nitrogens is 1. The van der Waals surface area contributed by atoms with Gasteiger partial charge >= 0.3 is 0 Å². The third-order valence-electron chi connectivity index (χ3n) is 4.56. The second-order valence-corrected chi connectivity index (χ2v) is 7.20. The van der Waals surface area contributed by atoms with Crippen LogP contribution >= 0.6 is 15.9 Å². The number of carbonyl (C=O) groups excluding carboxylic acids is 2. The number of nitrogens with one attached hydrogen (secondary N) is 2. The third kappa shape index (κ3) is 3.86. The van der Waals surface area contributed by atoms with Gasteiger partial charge in [0.25, 0.3) is 5.91 Å². The number of hydrogen-bond donors (Lipinski definition) is 2. The summed E-state index contributed by atoms with van der Waals surface area (Å²) >= 11 is 3.55. The minimum Gasteiger partial charge on any atom is -0.474 e. The van der Waals surface area contributed by atoms with Crippen molar-refractivity contribution in [3.63, 3.8) is 0 Å². The zero-order chi connectivity index (χ0) is 19.4. The Hall–Kier alpha value is -2.34. The molecule has 7 heteroatoms. The van der Waals surface area contributed by atoms with Crippen molar-refractivity contribution in [3.8, 4) is 0 Å². The first kappa shape index (κ1) is 19.4. The van der Waals surface area contributed by atoms with E-state index in [1.807, 2.05) is 24.3 Å². The van der Waals surface area contributed by atoms with Crippen LogP contribution in [0.4, 0.5) is 0 Å². The van der Waals surface area contributed by atoms with Crippen LogP contribution in [0.5, 0.6) is 0 Å². The first-order valence-electron chi connectivity index (χ1n) is 8.87. The topological polar surface area (TPSA) is 80.4 Å². The Morgan fingerprint density at radius 2 is 2.22 bits per heavy atom. The first-order chi connectivity index (χ1) is 13.1. The molecule has 1 aromatic heterocycles. The number of carbonyl (C=O) groups is 1. The molecular weight excluding hydrogens is 412 g/mol. The Bertz CT molecular complexity index is 941. The lowest BCUT2D eigenvalue weighted by Gasteiger charge is -2.13. The highest BCUT2D eigenvalue weighted by Crippen LogP contribution is 2.40. The molecule has 0 saturated carbocycles. The number of benzene rings is 1. The van der Waals surface area contributed by atoms with E-state index in [-0.39, 0.29) is 11.3 Å². The van der Waals surface area contributed by atoms with Gasteiger partial charge in [0.15, 0.2) is 5.94 Å². The molecule has 1 atom stereocenters. The second-order valence-electron chi connectivity index (χ2n) is 6.34. The standard InChI is InChI=1S/C20H21BrN2O4/c1-3-4-5-9-16-18(19(17(11-24)27-16)20(25)23-26-2)15-10-12-13(21)7-6-8-14(12)22-15/h6-8,10,16,22H,3-5,9H2,1-2H3,(H,23,25). The number of amides is 1. The lowest BCUT2D eigenvalue weighted by Crippen LogP contribution is -2.24. The van der Waals surface area contributed by atoms with E-state index < -0.39 is 12.0 Å². The summed E-state index contributed by atoms with van der Waals surface area (Å²) in [5, 5.41) is 0.988. The summed E-state index contributed by atoms with van der Waals surface area (Å²) in [4.78, 5) is 32.1. The molecule has 1 aliphatic heterocycles. The Balaban J connectivity index is 2.13. The molecule has 2 aromatic rings. The number of rotatable bonds is 7. The molecule has 0 fully saturated rings. The summed E-state index contributed by atoms with van der Waals surface area (Å²) < 4.78 is 6.74. The molecule has 0 bridgehead atoms. The summed E-state index contributed by atoms with van der Waals surface area (Å²) in [6, 6.07) is 7.80. The molecule has 0 radical (unpaired) electrons. The average Bonchev–Trinajstić information content (AvgIpc) is 3.24. The van der Waals surface area contributed by atoms with Crippen LogP contribution in [0.1, 0.15) is 38.3 Å². The largest absolute Gasteiger partial charge is 0.474 e. The van der Waals surface area contributed by atoms with Gasteiger partial charge in [0.2, 0.25) is 5.76 Å². The van der Waals surface area contributed by atoms with E-state index in [9.17, 15) is 9.59 Å². The lowest BCUT2D eigenvalue weighted by molar-refractivity contribution is -0.127. The predicted molar refractivity (Wildman–Crippen MR) is 106 cm³/mol. The molecule has 2 heterocycles. The van der Waals surface area contributed by atoms with Gasteiger partial charge in [-0.25, -0.2) is 10.3 Å². The highest BCUT2D eigenvalue weighted by Gasteiger charge is 2.37. The summed E-state index contributed by atoms with van der Waals surface area (Å²) in [6.45, 7) is 2.12. The second kappa shape index (κ2) is 8.57. The quantitative estimate of drug-likeness (QED) is 0.392. The minimum atomic E-state index is -0.526. The van der Waals surface area contributed by atoms with Crippen LogP contribution in [0.25, 0.3) is 16.5 Å². The van der Waals surface area contributed by atoms with Gasteiger partial charge in [-0.1, -0.05) is 41.8 Å². The number of fused-ring (bicyclic) bond motifs is 1. The maximum atomic E-state index is 12.6. The van der Waals surface area contributed by atoms with Crippen LogP contribution in [-0.4, -0.2) is 30.0 Å². The van der Waals surface area contributed by atoms with Crippen molar-refractivity contribution in [1.82, 2.24) is 10.5 Å². The molecule has 0 saturated heterocycles. The fraction of sp³-hybridized carbons (Fsp3) is 0.350. The Morgan fingerprint density at radius 3 is 2.89 bits per heavy atom. The van der Waals surface area contributed by atoms with Crippen molar-refractivity contribution in [2.45, 2.75) is 38.7 Å². The number of halogens is 1. The number of hydrogen-bond acceptors (Lipinski definition) is 4. The number of unbranched alkanes of at least 4 members (excludes halogenated alkanes) is 2. The molecule has 142 valence electrons. The highest BCUT2D eigenvalue weighted by atomic mass is 79.9. The smallest absolute Gasteiger partial charge is 0.279 e. The van der Waals surface area contributed by atoms with Crippen molar-refractivity contribution >= 4 is 44.3 Å². The van der Waals surface area contributed by atoms with E-state index in [0.29, 0.717) is 12.0 Å². The first-order valence-corrected chi connectivity index (χ1v) is 9.67. The fourth-order valence-corrected chi connectivity index (χ4v) is 3.82. The molecule has 0 aliphatic carbocycles. The van der Waals surface area contributed by atoms with Crippen molar-refractivity contribution in [1.29, 1.82) is 0 Å². The molecular formula is C20H21BrN2O4. The number of H-pyrrole nitrogens is 1. The number of hydroxylamine groups is 1. The van der Waals surface area contributed by atoms with E-state index in [2.05, 4.69) is 33.3 Å². The Kier molecular flexibility index (Phi) is 6.16. The van der Waals surface area contributed by atoms with Crippen LogP contribution in [-0.2, 0) is 19.2 Å². The summed E-state index contributed by atoms with van der Waals surface area (Å²) in [6.07, 6.45) is 3.36. The normalized spacial score (nSPS) is 16.6. The zero-order valence-electron chi connectivity index (χ0n) is 15.2. The van der Waals surface area contributed by atoms with Crippen molar-refractivity contribution in [3.05, 3.63) is 45.8 Å². The van der Waals surface area contributed by atoms with E-state index in [4.69, 9.17) is 9.57 Å². The van der Waals surface area contributed by atoms with E-state index in [0.717, 1.165) is 40.3 Å². The molecule has 3 rings (SSSR count). The maximum Gasteiger partial charge on any atom is 0.279 e. The van der Waals surface area contributed by atoms with Crippen molar-refractivity contribution in [2.24, 2.45) is 0 Å². The number of ether oxygens (including phenoxy) is 1. The van der Waals surface area contributed by atoms with Gasteiger partial charge in [-0.2, -0.15) is 0 Å². The molecule has 0 spiro atoms. The lowest BCUT2D eigenvalue weighted by atomic mass is 9.97. The number of aromatic amines is 1. The molecule has 6 nitrogen and oxygen atoms in total. The van der Waals surface area contributed by atoms with E-state index in [1.165, 1.54) is 7.11 Å². The minimum absolute atomic E-state index is 0.0845. The highest BCUT2D eigenvalue weighted by molar-refractivity contribution is 9.10. The van der Waals surface area contributed by atoms with Gasteiger partial charge in [-0.05, 0) is 31.0 Å². The van der Waals surface area contributed by atoms with Gasteiger partial charge in [0, 0.05) is 26.6 Å². The molecule has 2 N–H and O–H groups in total. The van der Waals surface area contributed by atoms with Crippen molar-refractivity contribution in [2.75, 3.05) is 7.11 Å². The van der Waals surface area contributed by atoms with Crippen LogP contribution in [0.15, 0.2) is 40.1 Å². The molecule has 27 heavy (non-hydrogen) atoms. The summed E-state index contributed by atoms with van der Waals surface area (Å²) in [5.41, 5.74) is 4.77. The van der Waals surface area contributed by atoms with Gasteiger partial charge in [-0.3, -0.25) is 9.63 Å². The van der Waals surface area contributed by atoms with Gasteiger partial charge < -0.3 is 9.72 Å². The van der Waals surface area contributed by atoms with Gasteiger partial charge in [-0.15, -0.1) is 0 Å². The van der Waals surface area contributed by atoms with Crippen LogP contribution < -0.4 is 5.48 Å². The monoisotopic (exact) mass is 432 g/mol. The fourth-order valence-electron chi connectivity index (χ4n) is 3.34. The Morgan fingerprint density at radius 1 is 1.41 bits per heavy atom. The Labute approximate surface area is 165 Å². The molecule has 1 amide bonds. The molecule has 1 unspecified atom stereocenters. The molecule has 1 aromatic carbocycles. The SMILES string of the molecule is CCCCCC1OC(=C=O)C(C(=O)NOC)=C1c1cc2c(Br)cccc2[nH]1. The molecule has 1 aliphatic rings. The van der Waals surface area contributed by atoms with Crippen LogP contribution in [0.2, 0.25) is 0 Å². The van der Waals surface area contributed by atoms with Gasteiger partial charge in [0.1, 0.15) is 11.7 Å². The average molecular weight is 433 g/mol. The predicted octanol–water partition coefficient (Wildman–Crippen LogP) is 4.06. The van der Waals surface area contributed by atoms with Gasteiger partial charge in [0.05, 0.1) is 7.11 Å².